The molecule has 2 aromatic rings. The number of hydrogen-bond acceptors (Lipinski definition) is 3. The van der Waals surface area contributed by atoms with Crippen LogP contribution in [-0.2, 0) is 6.54 Å². The average Bonchev–Trinajstić information content (AvgIpc) is 2.96. The Balaban J connectivity index is 2.12. The van der Waals surface area contributed by atoms with Crippen LogP contribution in [0.2, 0.25) is 0 Å². The molecule has 4 nitrogen and oxygen atoms in total. The normalized spacial score (nSPS) is 17.3. The average molecular weight is 216 g/mol. The Morgan fingerprint density at radius 1 is 1.31 bits per heavy atom. The second-order valence-electron chi connectivity index (χ2n) is 4.47. The maximum Gasteiger partial charge on any atom is 0.165 e. The molecule has 0 aliphatic heterocycles. The first kappa shape index (κ1) is 9.78. The van der Waals surface area contributed by atoms with Crippen molar-refractivity contribution in [1.82, 2.24) is 14.6 Å². The zero-order chi connectivity index (χ0) is 11.0. The third-order valence-electron chi connectivity index (χ3n) is 3.48. The second kappa shape index (κ2) is 3.87. The van der Waals surface area contributed by atoms with Crippen LogP contribution in [0.5, 0.6) is 0 Å². The molecule has 0 bridgehead atoms. The van der Waals surface area contributed by atoms with Crippen LogP contribution in [-0.4, -0.2) is 14.6 Å². The topological polar surface area (TPSA) is 56.2 Å². The third-order valence-corrected chi connectivity index (χ3v) is 3.48. The Hall–Kier alpha value is -1.42. The van der Waals surface area contributed by atoms with E-state index in [2.05, 4.69) is 14.6 Å². The zero-order valence-electron chi connectivity index (χ0n) is 9.26. The molecule has 0 aromatic carbocycles. The molecule has 1 saturated carbocycles. The van der Waals surface area contributed by atoms with Crippen molar-refractivity contribution in [2.45, 2.75) is 38.1 Å². The first-order chi connectivity index (χ1) is 7.90. The van der Waals surface area contributed by atoms with E-state index in [0.29, 0.717) is 12.5 Å². The van der Waals surface area contributed by atoms with Gasteiger partial charge in [0.25, 0.3) is 0 Å². The van der Waals surface area contributed by atoms with Gasteiger partial charge in [-0.15, -0.1) is 10.2 Å². The zero-order valence-corrected chi connectivity index (χ0v) is 9.26. The largest absolute Gasteiger partial charge is 0.326 e. The van der Waals surface area contributed by atoms with Gasteiger partial charge < -0.3 is 5.73 Å². The molecule has 0 atom stereocenters. The van der Waals surface area contributed by atoms with Gasteiger partial charge in [0.15, 0.2) is 5.65 Å². The number of nitrogens with zero attached hydrogens (tertiary/aromatic N) is 3. The molecular formula is C12H16N4. The lowest BCUT2D eigenvalue weighted by Crippen LogP contribution is -2.03. The van der Waals surface area contributed by atoms with Gasteiger partial charge in [0.05, 0.1) is 0 Å². The molecular weight excluding hydrogens is 200 g/mol. The Morgan fingerprint density at radius 3 is 2.88 bits per heavy atom. The third kappa shape index (κ3) is 1.41. The van der Waals surface area contributed by atoms with E-state index in [-0.39, 0.29) is 0 Å². The molecule has 0 spiro atoms. The minimum atomic E-state index is 0.521. The van der Waals surface area contributed by atoms with E-state index in [0.717, 1.165) is 17.0 Å². The van der Waals surface area contributed by atoms with Crippen LogP contribution in [0, 0.1) is 0 Å². The van der Waals surface area contributed by atoms with Crippen molar-refractivity contribution in [2.75, 3.05) is 0 Å². The standard InChI is InChI=1S/C12H16N4/c13-8-10-6-3-7-16-11(14-15-12(10)16)9-4-1-2-5-9/h3,6-7,9H,1-2,4-5,8,13H2. The molecule has 1 fully saturated rings. The van der Waals surface area contributed by atoms with Gasteiger partial charge >= 0.3 is 0 Å². The summed E-state index contributed by atoms with van der Waals surface area (Å²) in [6, 6.07) is 4.04. The summed E-state index contributed by atoms with van der Waals surface area (Å²) in [7, 11) is 0. The van der Waals surface area contributed by atoms with Gasteiger partial charge in [-0.25, -0.2) is 0 Å². The number of aromatic nitrogens is 3. The Labute approximate surface area is 94.5 Å². The smallest absolute Gasteiger partial charge is 0.165 e. The Kier molecular flexibility index (Phi) is 2.36. The SMILES string of the molecule is NCc1cccn2c(C3CCCC3)nnc12. The summed E-state index contributed by atoms with van der Waals surface area (Å²) >= 11 is 0. The predicted molar refractivity (Wildman–Crippen MR) is 62.1 cm³/mol. The van der Waals surface area contributed by atoms with Crippen LogP contribution in [0.4, 0.5) is 0 Å². The van der Waals surface area contributed by atoms with Crippen LogP contribution in [0.1, 0.15) is 43.0 Å². The van der Waals surface area contributed by atoms with Crippen molar-refractivity contribution in [3.63, 3.8) is 0 Å². The van der Waals surface area contributed by atoms with Crippen LogP contribution in [0.3, 0.4) is 0 Å². The molecule has 0 unspecified atom stereocenters. The fraction of sp³-hybridized carbons (Fsp3) is 0.500. The molecule has 2 N–H and O–H groups in total. The van der Waals surface area contributed by atoms with E-state index in [1.54, 1.807) is 0 Å². The van der Waals surface area contributed by atoms with E-state index >= 15 is 0 Å². The first-order valence-corrected chi connectivity index (χ1v) is 5.92. The van der Waals surface area contributed by atoms with Crippen molar-refractivity contribution in [1.29, 1.82) is 0 Å². The van der Waals surface area contributed by atoms with E-state index in [1.165, 1.54) is 25.7 Å². The lowest BCUT2D eigenvalue weighted by molar-refractivity contribution is 0.658. The lowest BCUT2D eigenvalue weighted by atomic mass is 10.1. The van der Waals surface area contributed by atoms with Gasteiger partial charge in [-0.3, -0.25) is 4.40 Å². The van der Waals surface area contributed by atoms with E-state index in [1.807, 2.05) is 18.3 Å². The molecule has 0 saturated heterocycles. The number of pyridine rings is 1. The van der Waals surface area contributed by atoms with Crippen molar-refractivity contribution >= 4 is 5.65 Å². The predicted octanol–water partition coefficient (Wildman–Crippen LogP) is 1.85. The van der Waals surface area contributed by atoms with Crippen molar-refractivity contribution in [3.8, 4) is 0 Å². The van der Waals surface area contributed by atoms with Crippen LogP contribution in [0.25, 0.3) is 5.65 Å². The fourth-order valence-corrected chi connectivity index (χ4v) is 2.61. The fourth-order valence-electron chi connectivity index (χ4n) is 2.61. The number of fused-ring (bicyclic) bond motifs is 1. The maximum absolute atomic E-state index is 5.70. The van der Waals surface area contributed by atoms with Gasteiger partial charge in [-0.1, -0.05) is 18.9 Å². The maximum atomic E-state index is 5.70. The highest BCUT2D eigenvalue weighted by Crippen LogP contribution is 2.33. The van der Waals surface area contributed by atoms with E-state index < -0.39 is 0 Å². The highest BCUT2D eigenvalue weighted by molar-refractivity contribution is 5.47. The molecule has 2 heterocycles. The van der Waals surface area contributed by atoms with Gasteiger partial charge in [0.2, 0.25) is 0 Å². The summed E-state index contributed by atoms with van der Waals surface area (Å²) in [4.78, 5) is 0. The first-order valence-electron chi connectivity index (χ1n) is 5.92. The lowest BCUT2D eigenvalue weighted by Gasteiger charge is -2.07. The van der Waals surface area contributed by atoms with Crippen molar-refractivity contribution in [3.05, 3.63) is 29.7 Å². The Morgan fingerprint density at radius 2 is 2.12 bits per heavy atom. The highest BCUT2D eigenvalue weighted by Gasteiger charge is 2.22. The van der Waals surface area contributed by atoms with Crippen molar-refractivity contribution < 1.29 is 0 Å². The van der Waals surface area contributed by atoms with Gasteiger partial charge in [-0.05, 0) is 18.9 Å². The van der Waals surface area contributed by atoms with E-state index in [4.69, 9.17) is 5.73 Å². The monoisotopic (exact) mass is 216 g/mol. The number of hydrogen-bond donors (Lipinski definition) is 1. The quantitative estimate of drug-likeness (QED) is 0.833. The molecule has 0 amide bonds. The van der Waals surface area contributed by atoms with Crippen molar-refractivity contribution in [2.24, 2.45) is 5.73 Å². The summed E-state index contributed by atoms with van der Waals surface area (Å²) in [5.74, 6) is 1.70. The minimum absolute atomic E-state index is 0.521. The van der Waals surface area contributed by atoms with Gasteiger partial charge in [0.1, 0.15) is 5.82 Å². The summed E-state index contributed by atoms with van der Waals surface area (Å²) in [6.45, 7) is 0.521. The molecule has 4 heteroatoms. The Bertz CT molecular complexity index is 497. The molecule has 16 heavy (non-hydrogen) atoms. The molecule has 3 rings (SSSR count). The second-order valence-corrected chi connectivity index (χ2v) is 4.47. The van der Waals surface area contributed by atoms with Gasteiger partial charge in [-0.2, -0.15) is 0 Å². The van der Waals surface area contributed by atoms with Crippen LogP contribution < -0.4 is 5.73 Å². The van der Waals surface area contributed by atoms with Crippen LogP contribution in [0.15, 0.2) is 18.3 Å². The highest BCUT2D eigenvalue weighted by atomic mass is 15.2. The summed E-state index contributed by atoms with van der Waals surface area (Å²) < 4.78 is 2.11. The van der Waals surface area contributed by atoms with Crippen LogP contribution >= 0.6 is 0 Å². The molecule has 1 aliphatic rings. The molecule has 0 radical (unpaired) electrons. The minimum Gasteiger partial charge on any atom is -0.326 e. The van der Waals surface area contributed by atoms with Gasteiger partial charge in [0, 0.05) is 24.2 Å². The molecule has 2 aromatic heterocycles. The summed E-state index contributed by atoms with van der Waals surface area (Å²) in [6.07, 6.45) is 7.16. The summed E-state index contributed by atoms with van der Waals surface area (Å²) in [5.41, 5.74) is 7.69. The number of rotatable bonds is 2. The van der Waals surface area contributed by atoms with E-state index in [9.17, 15) is 0 Å². The summed E-state index contributed by atoms with van der Waals surface area (Å²) in [5, 5.41) is 8.61. The number of nitrogens with two attached hydrogens (primary N) is 1. The molecule has 84 valence electrons. The molecule has 1 aliphatic carbocycles.